The van der Waals surface area contributed by atoms with Crippen LogP contribution in [0.4, 0.5) is 0 Å². The summed E-state index contributed by atoms with van der Waals surface area (Å²) in [5.41, 5.74) is 16.9. The molecular weight excluding hydrogens is 432 g/mol. The fraction of sp³-hybridized carbons (Fsp3) is 0.500. The van der Waals surface area contributed by atoms with Gasteiger partial charge in [0, 0.05) is 0 Å². The van der Waals surface area contributed by atoms with Gasteiger partial charge in [0.15, 0.2) is 0 Å². The summed E-state index contributed by atoms with van der Waals surface area (Å²) in [6.07, 6.45) is 8.40. The van der Waals surface area contributed by atoms with Crippen molar-refractivity contribution in [3.63, 3.8) is 0 Å². The first-order valence-corrected chi connectivity index (χ1v) is 14.7. The molecule has 0 spiro atoms. The quantitative estimate of drug-likeness (QED) is 0.314. The molecule has 36 heavy (non-hydrogen) atoms. The molecule has 0 heterocycles. The summed E-state index contributed by atoms with van der Waals surface area (Å²) in [4.78, 5) is 0. The molecule has 0 fully saturated rings. The molecule has 3 aromatic rings. The maximum atomic E-state index is 2.61. The Balaban J connectivity index is 0.00000176. The number of hydrogen-bond donors (Lipinski definition) is 0. The summed E-state index contributed by atoms with van der Waals surface area (Å²) in [5, 5.41) is 0. The Hall–Kier alpha value is -2.34. The van der Waals surface area contributed by atoms with Gasteiger partial charge in [-0.3, -0.25) is 0 Å². The summed E-state index contributed by atoms with van der Waals surface area (Å²) in [6, 6.07) is 16.6. The fourth-order valence-electron chi connectivity index (χ4n) is 6.37. The van der Waals surface area contributed by atoms with Crippen molar-refractivity contribution in [3.8, 4) is 11.1 Å². The normalized spacial score (nSPS) is 14.9. The first-order chi connectivity index (χ1) is 17.3. The Morgan fingerprint density at radius 3 is 2.11 bits per heavy atom. The lowest BCUT2D eigenvalue weighted by atomic mass is 9.72. The van der Waals surface area contributed by atoms with Crippen LogP contribution in [-0.4, -0.2) is 0 Å². The third-order valence-electron chi connectivity index (χ3n) is 8.10. The third kappa shape index (κ3) is 5.96. The Kier molecular flexibility index (Phi) is 10.0. The summed E-state index contributed by atoms with van der Waals surface area (Å²) in [7, 11) is 0. The Labute approximate surface area is 222 Å². The van der Waals surface area contributed by atoms with Gasteiger partial charge in [-0.25, -0.2) is 0 Å². The summed E-state index contributed by atoms with van der Waals surface area (Å²) in [6.45, 7) is 20.3. The second-order valence-electron chi connectivity index (χ2n) is 11.1. The van der Waals surface area contributed by atoms with Crippen LogP contribution < -0.4 is 0 Å². The largest absolute Gasteiger partial charge is 0.0683 e. The van der Waals surface area contributed by atoms with E-state index in [2.05, 4.69) is 90.9 Å². The molecule has 4 rings (SSSR count). The van der Waals surface area contributed by atoms with Crippen LogP contribution in [0.2, 0.25) is 0 Å². The first-order valence-electron chi connectivity index (χ1n) is 14.7. The van der Waals surface area contributed by atoms with Gasteiger partial charge in [0.2, 0.25) is 0 Å². The van der Waals surface area contributed by atoms with E-state index in [9.17, 15) is 0 Å². The van der Waals surface area contributed by atoms with Crippen molar-refractivity contribution in [2.45, 2.75) is 113 Å². The zero-order chi connectivity index (χ0) is 26.4. The molecule has 0 radical (unpaired) electrons. The average molecular weight is 483 g/mol. The van der Waals surface area contributed by atoms with E-state index in [4.69, 9.17) is 0 Å². The highest BCUT2D eigenvalue weighted by Crippen LogP contribution is 2.44. The molecule has 0 aromatic heterocycles. The van der Waals surface area contributed by atoms with Gasteiger partial charge in [0.05, 0.1) is 0 Å². The summed E-state index contributed by atoms with van der Waals surface area (Å²) in [5.74, 6) is 1.30. The van der Waals surface area contributed by atoms with Gasteiger partial charge in [0.1, 0.15) is 0 Å². The second kappa shape index (κ2) is 12.8. The molecule has 0 N–H and O–H groups in total. The molecule has 0 saturated carbocycles. The van der Waals surface area contributed by atoms with E-state index in [0.717, 1.165) is 12.8 Å². The first kappa shape index (κ1) is 28.2. The van der Waals surface area contributed by atoms with Crippen molar-refractivity contribution in [1.82, 2.24) is 0 Å². The Morgan fingerprint density at radius 1 is 0.833 bits per heavy atom. The number of benzene rings is 3. The van der Waals surface area contributed by atoms with Crippen molar-refractivity contribution < 1.29 is 0 Å². The maximum Gasteiger partial charge on any atom is -0.0116 e. The lowest BCUT2D eigenvalue weighted by Crippen LogP contribution is -2.18. The van der Waals surface area contributed by atoms with Crippen LogP contribution in [0.3, 0.4) is 0 Å². The van der Waals surface area contributed by atoms with Gasteiger partial charge in [-0.05, 0) is 133 Å². The number of rotatable bonds is 7. The predicted molar refractivity (Wildman–Crippen MR) is 161 cm³/mol. The minimum atomic E-state index is 0.637. The monoisotopic (exact) mass is 482 g/mol. The van der Waals surface area contributed by atoms with E-state index in [-0.39, 0.29) is 0 Å². The van der Waals surface area contributed by atoms with Gasteiger partial charge < -0.3 is 0 Å². The number of aryl methyl sites for hydroxylation is 4. The van der Waals surface area contributed by atoms with E-state index in [1.165, 1.54) is 65.5 Å². The van der Waals surface area contributed by atoms with Crippen LogP contribution in [-0.2, 0) is 32.1 Å². The molecule has 1 aliphatic carbocycles. The Morgan fingerprint density at radius 2 is 1.50 bits per heavy atom. The topological polar surface area (TPSA) is 0 Å². The van der Waals surface area contributed by atoms with Crippen molar-refractivity contribution in [2.75, 3.05) is 0 Å². The van der Waals surface area contributed by atoms with E-state index >= 15 is 0 Å². The van der Waals surface area contributed by atoms with E-state index < -0.39 is 0 Å². The van der Waals surface area contributed by atoms with E-state index in [1.54, 1.807) is 27.8 Å². The second-order valence-corrected chi connectivity index (χ2v) is 11.1. The lowest BCUT2D eigenvalue weighted by Gasteiger charge is -2.32. The molecule has 0 aliphatic heterocycles. The highest BCUT2D eigenvalue weighted by molar-refractivity contribution is 5.77. The molecule has 1 aliphatic rings. The molecule has 0 saturated heterocycles. The van der Waals surface area contributed by atoms with Crippen LogP contribution in [0.25, 0.3) is 11.1 Å². The molecular formula is C36H50. The molecule has 0 amide bonds. The van der Waals surface area contributed by atoms with Gasteiger partial charge in [0.25, 0.3) is 0 Å². The van der Waals surface area contributed by atoms with E-state index in [1.807, 2.05) is 13.8 Å². The van der Waals surface area contributed by atoms with Crippen molar-refractivity contribution in [3.05, 3.63) is 92.5 Å². The molecule has 1 unspecified atom stereocenters. The third-order valence-corrected chi connectivity index (χ3v) is 8.10. The average Bonchev–Trinajstić information content (AvgIpc) is 2.88. The maximum absolute atomic E-state index is 2.61. The van der Waals surface area contributed by atoms with Gasteiger partial charge >= 0.3 is 0 Å². The van der Waals surface area contributed by atoms with Gasteiger partial charge in [-0.15, -0.1) is 0 Å². The van der Waals surface area contributed by atoms with Crippen LogP contribution in [0, 0.1) is 26.7 Å². The molecule has 194 valence electrons. The number of hydrogen-bond acceptors (Lipinski definition) is 0. The van der Waals surface area contributed by atoms with Crippen LogP contribution in [0.1, 0.15) is 110 Å². The standard InChI is InChI=1S/C34H44.C2H6/c1-8-26-12-10-13-27(9-2)33(26)32-21-30(18-22(3)4)34-28(14-11-15-31(34)25(32)7)20-29-19-23(5)16-17-24(29)6;1-2/h10,12-13,16-17,19,21-22,28H,8-9,11,14-15,18,20H2,1-7H3;1-2H3. The summed E-state index contributed by atoms with van der Waals surface area (Å²) < 4.78 is 0. The Bertz CT molecular complexity index is 1140. The fourth-order valence-corrected chi connectivity index (χ4v) is 6.37. The van der Waals surface area contributed by atoms with Crippen molar-refractivity contribution in [1.29, 1.82) is 0 Å². The van der Waals surface area contributed by atoms with Gasteiger partial charge in [-0.2, -0.15) is 0 Å². The summed E-state index contributed by atoms with van der Waals surface area (Å²) >= 11 is 0. The van der Waals surface area contributed by atoms with Gasteiger partial charge in [-0.1, -0.05) is 89.6 Å². The zero-order valence-electron chi connectivity index (χ0n) is 24.6. The highest BCUT2D eigenvalue weighted by atomic mass is 14.3. The predicted octanol–water partition coefficient (Wildman–Crippen LogP) is 10.3. The van der Waals surface area contributed by atoms with E-state index in [0.29, 0.717) is 11.8 Å². The zero-order valence-corrected chi connectivity index (χ0v) is 24.6. The molecule has 0 heteroatoms. The minimum Gasteiger partial charge on any atom is -0.0683 e. The van der Waals surface area contributed by atoms with Crippen LogP contribution in [0.15, 0.2) is 42.5 Å². The molecule has 0 bridgehead atoms. The molecule has 1 atom stereocenters. The van der Waals surface area contributed by atoms with Crippen molar-refractivity contribution >= 4 is 0 Å². The number of fused-ring (bicyclic) bond motifs is 1. The molecule has 3 aromatic carbocycles. The van der Waals surface area contributed by atoms with Crippen LogP contribution in [0.5, 0.6) is 0 Å². The van der Waals surface area contributed by atoms with Crippen molar-refractivity contribution in [2.24, 2.45) is 5.92 Å². The highest BCUT2D eigenvalue weighted by Gasteiger charge is 2.28. The SMILES string of the molecule is CC.CCc1cccc(CC)c1-c1cc(CC(C)C)c2c(c1C)CCCC2Cc1cc(C)ccc1C. The minimum absolute atomic E-state index is 0.637. The van der Waals surface area contributed by atoms with Crippen LogP contribution >= 0.6 is 0 Å². The molecule has 0 nitrogen and oxygen atoms in total. The smallest absolute Gasteiger partial charge is 0.0116 e. The lowest BCUT2D eigenvalue weighted by molar-refractivity contribution is 0.535.